The van der Waals surface area contributed by atoms with Crippen LogP contribution in [0.4, 0.5) is 0 Å². The van der Waals surface area contributed by atoms with Crippen molar-refractivity contribution in [3.63, 3.8) is 0 Å². The van der Waals surface area contributed by atoms with Gasteiger partial charge >= 0.3 is 1.43 Å². The maximum absolute atomic E-state index is 10.5. The van der Waals surface area contributed by atoms with Gasteiger partial charge in [-0.25, -0.2) is 0 Å². The normalized spacial score (nSPS) is 14.0. The Morgan fingerprint density at radius 2 is 2.27 bits per heavy atom. The van der Waals surface area contributed by atoms with Crippen molar-refractivity contribution in [2.24, 2.45) is 4.99 Å². The Kier molecular flexibility index (Phi) is 1.32. The lowest BCUT2D eigenvalue weighted by Crippen LogP contribution is -2.22. The fourth-order valence-electron chi connectivity index (χ4n) is 1.24. The quantitative estimate of drug-likeness (QED) is 0.504. The highest BCUT2D eigenvalue weighted by Gasteiger charge is 2.02. The molecule has 0 atom stereocenters. The number of aldehydes is 1. The Bertz CT molecular complexity index is 411. The SMILES string of the molecule is O=CC1=c2ccccc2=NC1.[H+]. The highest BCUT2D eigenvalue weighted by Crippen LogP contribution is 1.91. The molecule has 0 radical (unpaired) electrons. The van der Waals surface area contributed by atoms with Crippen LogP contribution in [0.2, 0.25) is 0 Å². The summed E-state index contributed by atoms with van der Waals surface area (Å²) < 4.78 is 0. The number of fused-ring (bicyclic) bond motifs is 1. The van der Waals surface area contributed by atoms with E-state index in [0.29, 0.717) is 6.54 Å². The van der Waals surface area contributed by atoms with Gasteiger partial charge in [0.15, 0.2) is 0 Å². The third-order valence-corrected chi connectivity index (χ3v) is 1.81. The van der Waals surface area contributed by atoms with Crippen LogP contribution < -0.4 is 10.6 Å². The lowest BCUT2D eigenvalue weighted by atomic mass is 10.2. The Hall–Kier alpha value is -1.44. The van der Waals surface area contributed by atoms with Crippen LogP contribution in [0.25, 0.3) is 5.57 Å². The van der Waals surface area contributed by atoms with Crippen molar-refractivity contribution in [2.75, 3.05) is 6.54 Å². The van der Waals surface area contributed by atoms with Crippen molar-refractivity contribution in [3.05, 3.63) is 34.8 Å². The predicted octanol–water partition coefficient (Wildman–Crippen LogP) is -0.218. The van der Waals surface area contributed by atoms with Gasteiger partial charge in [0.2, 0.25) is 0 Å². The summed E-state index contributed by atoms with van der Waals surface area (Å²) in [6, 6.07) is 7.70. The first kappa shape index (κ1) is 6.28. The van der Waals surface area contributed by atoms with Crippen molar-refractivity contribution >= 4 is 11.9 Å². The molecule has 1 aromatic rings. The number of carbonyl (C=O) groups excluding carboxylic acids is 1. The third kappa shape index (κ3) is 0.871. The lowest BCUT2D eigenvalue weighted by Gasteiger charge is -1.83. The van der Waals surface area contributed by atoms with E-state index in [-0.39, 0.29) is 1.43 Å². The number of hydrogen-bond acceptors (Lipinski definition) is 2. The van der Waals surface area contributed by atoms with Gasteiger partial charge in [-0.3, -0.25) is 9.79 Å². The summed E-state index contributed by atoms with van der Waals surface area (Å²) in [5.74, 6) is 0. The molecule has 0 saturated carbocycles. The molecule has 54 valence electrons. The molecular weight excluding hydrogens is 138 g/mol. The van der Waals surface area contributed by atoms with Crippen LogP contribution >= 0.6 is 0 Å². The van der Waals surface area contributed by atoms with Gasteiger partial charge in [0.1, 0.15) is 6.29 Å². The first-order valence-corrected chi connectivity index (χ1v) is 3.50. The van der Waals surface area contributed by atoms with Gasteiger partial charge in [0.05, 0.1) is 11.9 Å². The van der Waals surface area contributed by atoms with E-state index in [1.54, 1.807) is 0 Å². The van der Waals surface area contributed by atoms with Crippen molar-refractivity contribution < 1.29 is 6.22 Å². The molecule has 0 aromatic heterocycles. The summed E-state index contributed by atoms with van der Waals surface area (Å²) in [4.78, 5) is 14.7. The van der Waals surface area contributed by atoms with Gasteiger partial charge in [-0.2, -0.15) is 0 Å². The molecule has 2 nitrogen and oxygen atoms in total. The lowest BCUT2D eigenvalue weighted by molar-refractivity contribution is -0.103. The number of carbonyl (C=O) groups is 1. The maximum atomic E-state index is 10.5. The van der Waals surface area contributed by atoms with Crippen LogP contribution in [0.5, 0.6) is 0 Å². The fraction of sp³-hybridized carbons (Fsp3) is 0.111. The second kappa shape index (κ2) is 2.31. The Morgan fingerprint density at radius 3 is 3.09 bits per heavy atom. The molecule has 0 unspecified atom stereocenters. The highest BCUT2D eigenvalue weighted by molar-refractivity contribution is 5.99. The summed E-state index contributed by atoms with van der Waals surface area (Å²) in [6.45, 7) is 0.544. The van der Waals surface area contributed by atoms with E-state index in [1.165, 1.54) is 0 Å². The molecule has 1 heterocycles. The third-order valence-electron chi connectivity index (χ3n) is 1.81. The molecule has 0 fully saturated rings. The van der Waals surface area contributed by atoms with E-state index >= 15 is 0 Å². The zero-order valence-electron chi connectivity index (χ0n) is 6.95. The molecule has 0 aliphatic carbocycles. The Morgan fingerprint density at radius 1 is 1.45 bits per heavy atom. The molecule has 0 bridgehead atoms. The van der Waals surface area contributed by atoms with E-state index in [4.69, 9.17) is 0 Å². The van der Waals surface area contributed by atoms with Crippen molar-refractivity contribution in [2.45, 2.75) is 0 Å². The molecule has 1 aliphatic rings. The molecule has 2 heteroatoms. The minimum atomic E-state index is 0. The summed E-state index contributed by atoms with van der Waals surface area (Å²) in [5, 5.41) is 1.93. The summed E-state index contributed by atoms with van der Waals surface area (Å²) in [7, 11) is 0. The summed E-state index contributed by atoms with van der Waals surface area (Å²) in [6.07, 6.45) is 0.884. The number of rotatable bonds is 1. The number of nitrogens with zero attached hydrogens (tertiary/aromatic N) is 1. The van der Waals surface area contributed by atoms with Crippen LogP contribution in [-0.2, 0) is 4.79 Å². The molecule has 1 aromatic carbocycles. The van der Waals surface area contributed by atoms with Crippen molar-refractivity contribution in [1.29, 1.82) is 0 Å². The van der Waals surface area contributed by atoms with Gasteiger partial charge in [0.25, 0.3) is 0 Å². The fourth-order valence-corrected chi connectivity index (χ4v) is 1.24. The Labute approximate surface area is 65.4 Å². The average molecular weight is 146 g/mol. The molecule has 2 rings (SSSR count). The summed E-state index contributed by atoms with van der Waals surface area (Å²) in [5.41, 5.74) is 0.792. The van der Waals surface area contributed by atoms with Crippen molar-refractivity contribution in [1.82, 2.24) is 0 Å². The van der Waals surface area contributed by atoms with E-state index in [0.717, 1.165) is 22.4 Å². The minimum Gasteiger partial charge on any atom is -0.298 e. The van der Waals surface area contributed by atoms with Gasteiger partial charge in [0, 0.05) is 10.8 Å². The zero-order chi connectivity index (χ0) is 7.68. The molecule has 0 amide bonds. The predicted molar refractivity (Wildman–Crippen MR) is 42.7 cm³/mol. The number of para-hydroxylation sites is 1. The largest absolute Gasteiger partial charge is 1.00 e. The molecule has 0 saturated heterocycles. The molecule has 0 N–H and O–H groups in total. The van der Waals surface area contributed by atoms with Gasteiger partial charge in [-0.15, -0.1) is 0 Å². The molecular formula is C9H8NO+. The van der Waals surface area contributed by atoms with Crippen molar-refractivity contribution in [3.8, 4) is 0 Å². The molecule has 11 heavy (non-hydrogen) atoms. The first-order valence-electron chi connectivity index (χ1n) is 3.50. The van der Waals surface area contributed by atoms with Crippen LogP contribution in [0, 0.1) is 0 Å². The maximum Gasteiger partial charge on any atom is 1.00 e. The number of benzene rings is 1. The van der Waals surface area contributed by atoms with Gasteiger partial charge < -0.3 is 0 Å². The second-order valence-corrected chi connectivity index (χ2v) is 2.48. The molecule has 1 aliphatic heterocycles. The average Bonchev–Trinajstić information content (AvgIpc) is 2.47. The highest BCUT2D eigenvalue weighted by atomic mass is 16.1. The van der Waals surface area contributed by atoms with Gasteiger partial charge in [-0.05, 0) is 6.07 Å². The van der Waals surface area contributed by atoms with Crippen LogP contribution in [0.3, 0.4) is 0 Å². The smallest absolute Gasteiger partial charge is 0.298 e. The summed E-state index contributed by atoms with van der Waals surface area (Å²) >= 11 is 0. The standard InChI is InChI=1S/C9H7NO/c11-6-7-5-10-9-4-2-1-3-8(7)9/h1-4,6H,5H2/p+1. The minimum absolute atomic E-state index is 0. The first-order chi connectivity index (χ1) is 5.42. The second-order valence-electron chi connectivity index (χ2n) is 2.48. The van der Waals surface area contributed by atoms with E-state index in [2.05, 4.69) is 4.99 Å². The van der Waals surface area contributed by atoms with E-state index in [9.17, 15) is 4.79 Å². The topological polar surface area (TPSA) is 29.4 Å². The van der Waals surface area contributed by atoms with Crippen LogP contribution in [0.15, 0.2) is 29.3 Å². The Balaban J connectivity index is 0.000000720. The molecule has 0 spiro atoms. The van der Waals surface area contributed by atoms with Crippen LogP contribution in [-0.4, -0.2) is 12.8 Å². The van der Waals surface area contributed by atoms with Gasteiger partial charge in [-0.1, -0.05) is 18.2 Å². The monoisotopic (exact) mass is 146 g/mol. The van der Waals surface area contributed by atoms with Crippen LogP contribution in [0.1, 0.15) is 1.43 Å². The number of hydrogen-bond donors (Lipinski definition) is 0. The van der Waals surface area contributed by atoms with E-state index in [1.807, 2.05) is 24.3 Å². The van der Waals surface area contributed by atoms with E-state index < -0.39 is 0 Å². The zero-order valence-corrected chi connectivity index (χ0v) is 5.95.